The van der Waals surface area contributed by atoms with E-state index in [1.807, 2.05) is 19.0 Å². The van der Waals surface area contributed by atoms with Crippen molar-refractivity contribution in [2.24, 2.45) is 0 Å². The molecule has 0 aliphatic rings. The van der Waals surface area contributed by atoms with Gasteiger partial charge in [0.2, 0.25) is 5.82 Å². The molecule has 96 valence electrons. The molecule has 1 N–H and O–H groups in total. The summed E-state index contributed by atoms with van der Waals surface area (Å²) < 4.78 is 37.1. The molecule has 17 heavy (non-hydrogen) atoms. The highest BCUT2D eigenvalue weighted by Crippen LogP contribution is 2.28. The van der Waals surface area contributed by atoms with E-state index >= 15 is 0 Å². The van der Waals surface area contributed by atoms with Crippen LogP contribution in [0.2, 0.25) is 5.15 Å². The van der Waals surface area contributed by atoms with E-state index in [1.165, 1.54) is 6.07 Å². The third-order valence-electron chi connectivity index (χ3n) is 1.81. The molecule has 0 fully saturated rings. The average molecular weight is 269 g/mol. The van der Waals surface area contributed by atoms with Crippen LogP contribution in [0.4, 0.5) is 19.0 Å². The molecule has 0 saturated carbocycles. The smallest absolute Gasteiger partial charge is 0.369 e. The maximum Gasteiger partial charge on any atom is 0.451 e. The van der Waals surface area contributed by atoms with Crippen LogP contribution in [-0.4, -0.2) is 42.1 Å². The number of likely N-dealkylation sites (N-methyl/N-ethyl adjacent to an activating group) is 1. The predicted molar refractivity (Wildman–Crippen MR) is 59.1 cm³/mol. The van der Waals surface area contributed by atoms with Crippen LogP contribution in [0.25, 0.3) is 0 Å². The summed E-state index contributed by atoms with van der Waals surface area (Å²) in [5, 5.41) is 2.52. The van der Waals surface area contributed by atoms with E-state index in [4.69, 9.17) is 11.6 Å². The van der Waals surface area contributed by atoms with Crippen molar-refractivity contribution in [1.82, 2.24) is 14.9 Å². The molecule has 0 aliphatic heterocycles. The Hall–Kier alpha value is -1.08. The molecule has 0 atom stereocenters. The van der Waals surface area contributed by atoms with Gasteiger partial charge in [-0.25, -0.2) is 9.97 Å². The summed E-state index contributed by atoms with van der Waals surface area (Å²) in [7, 11) is 3.71. The van der Waals surface area contributed by atoms with Gasteiger partial charge in [0.05, 0.1) is 0 Å². The van der Waals surface area contributed by atoms with Gasteiger partial charge >= 0.3 is 6.18 Å². The number of alkyl halides is 3. The van der Waals surface area contributed by atoms with Gasteiger partial charge < -0.3 is 10.2 Å². The lowest BCUT2D eigenvalue weighted by Gasteiger charge is -2.12. The van der Waals surface area contributed by atoms with Gasteiger partial charge in [0.15, 0.2) is 0 Å². The predicted octanol–water partition coefficient (Wildman–Crippen LogP) is 2.12. The molecule has 1 aromatic heterocycles. The maximum absolute atomic E-state index is 12.4. The molecule has 0 aromatic carbocycles. The molecule has 1 rings (SSSR count). The molecule has 1 heterocycles. The number of anilines is 1. The third-order valence-corrected chi connectivity index (χ3v) is 2.01. The van der Waals surface area contributed by atoms with Crippen molar-refractivity contribution in [3.05, 3.63) is 17.0 Å². The minimum absolute atomic E-state index is 0.0687. The summed E-state index contributed by atoms with van der Waals surface area (Å²) in [6.07, 6.45) is -4.59. The van der Waals surface area contributed by atoms with E-state index in [0.29, 0.717) is 13.1 Å². The minimum Gasteiger partial charge on any atom is -0.369 e. The van der Waals surface area contributed by atoms with Crippen LogP contribution < -0.4 is 5.32 Å². The number of aromatic nitrogens is 2. The van der Waals surface area contributed by atoms with E-state index in [0.717, 1.165) is 0 Å². The SMILES string of the molecule is CN(C)CCNc1cc(Cl)nc(C(F)(F)F)n1. The summed E-state index contributed by atoms with van der Waals surface area (Å²) in [5.74, 6) is -1.17. The second-order valence-corrected chi connectivity index (χ2v) is 4.01. The number of halogens is 4. The number of nitrogens with one attached hydrogen (secondary N) is 1. The van der Waals surface area contributed by atoms with Gasteiger partial charge in [0, 0.05) is 19.2 Å². The van der Waals surface area contributed by atoms with Crippen LogP contribution >= 0.6 is 11.6 Å². The van der Waals surface area contributed by atoms with Crippen molar-refractivity contribution in [2.45, 2.75) is 6.18 Å². The maximum atomic E-state index is 12.4. The standard InChI is InChI=1S/C9H12ClF3N4/c1-17(2)4-3-14-7-5-6(10)15-8(16-7)9(11,12)13/h5H,3-4H2,1-2H3,(H,14,15,16). The Morgan fingerprint density at radius 2 is 2.00 bits per heavy atom. The highest BCUT2D eigenvalue weighted by molar-refractivity contribution is 6.29. The molecule has 0 saturated heterocycles. The summed E-state index contributed by atoms with van der Waals surface area (Å²) in [6, 6.07) is 1.26. The van der Waals surface area contributed by atoms with Crippen molar-refractivity contribution in [1.29, 1.82) is 0 Å². The Balaban J connectivity index is 2.76. The lowest BCUT2D eigenvalue weighted by Crippen LogP contribution is -2.22. The normalized spacial score (nSPS) is 11.9. The highest BCUT2D eigenvalue weighted by Gasteiger charge is 2.35. The summed E-state index contributed by atoms with van der Waals surface area (Å²) in [4.78, 5) is 8.37. The molecule has 8 heteroatoms. The van der Waals surface area contributed by atoms with Crippen molar-refractivity contribution in [3.63, 3.8) is 0 Å². The Morgan fingerprint density at radius 1 is 1.35 bits per heavy atom. The molecular weight excluding hydrogens is 257 g/mol. The number of rotatable bonds is 4. The minimum atomic E-state index is -4.59. The van der Waals surface area contributed by atoms with E-state index in [1.54, 1.807) is 0 Å². The molecule has 0 spiro atoms. The quantitative estimate of drug-likeness (QED) is 0.850. The van der Waals surface area contributed by atoms with Crippen LogP contribution in [0.15, 0.2) is 6.07 Å². The first kappa shape index (κ1) is 14.0. The lowest BCUT2D eigenvalue weighted by molar-refractivity contribution is -0.144. The van der Waals surface area contributed by atoms with Crippen molar-refractivity contribution >= 4 is 17.4 Å². The summed E-state index contributed by atoms with van der Waals surface area (Å²) in [6.45, 7) is 1.14. The Morgan fingerprint density at radius 3 is 2.53 bits per heavy atom. The Kier molecular flexibility index (Phi) is 4.53. The second kappa shape index (κ2) is 5.50. The molecule has 0 bridgehead atoms. The second-order valence-electron chi connectivity index (χ2n) is 3.63. The van der Waals surface area contributed by atoms with Crippen molar-refractivity contribution < 1.29 is 13.2 Å². The average Bonchev–Trinajstić information content (AvgIpc) is 2.14. The van der Waals surface area contributed by atoms with E-state index in [-0.39, 0.29) is 11.0 Å². The molecule has 0 aliphatic carbocycles. The zero-order chi connectivity index (χ0) is 13.1. The van der Waals surface area contributed by atoms with E-state index in [2.05, 4.69) is 15.3 Å². The van der Waals surface area contributed by atoms with E-state index in [9.17, 15) is 13.2 Å². The fraction of sp³-hybridized carbons (Fsp3) is 0.556. The van der Waals surface area contributed by atoms with Gasteiger partial charge in [0.1, 0.15) is 11.0 Å². The Labute approximate surface area is 102 Å². The number of hydrogen-bond acceptors (Lipinski definition) is 4. The van der Waals surface area contributed by atoms with Crippen LogP contribution in [-0.2, 0) is 6.18 Å². The zero-order valence-electron chi connectivity index (χ0n) is 9.35. The summed E-state index contributed by atoms with van der Waals surface area (Å²) >= 11 is 5.50. The molecular formula is C9H12ClF3N4. The topological polar surface area (TPSA) is 41.0 Å². The number of hydrogen-bond donors (Lipinski definition) is 1. The van der Waals surface area contributed by atoms with Crippen molar-refractivity contribution in [3.8, 4) is 0 Å². The van der Waals surface area contributed by atoms with Gasteiger partial charge in [-0.05, 0) is 14.1 Å². The molecule has 4 nitrogen and oxygen atoms in total. The van der Waals surface area contributed by atoms with E-state index < -0.39 is 12.0 Å². The highest BCUT2D eigenvalue weighted by atomic mass is 35.5. The van der Waals surface area contributed by atoms with Gasteiger partial charge in [-0.2, -0.15) is 13.2 Å². The monoisotopic (exact) mass is 268 g/mol. The van der Waals surface area contributed by atoms with Gasteiger partial charge in [-0.3, -0.25) is 0 Å². The molecule has 0 unspecified atom stereocenters. The molecule has 1 aromatic rings. The zero-order valence-corrected chi connectivity index (χ0v) is 10.1. The van der Waals surface area contributed by atoms with Crippen LogP contribution in [0.5, 0.6) is 0 Å². The fourth-order valence-corrected chi connectivity index (χ4v) is 1.23. The summed E-state index contributed by atoms with van der Waals surface area (Å²) in [5.41, 5.74) is 0. The Bertz CT molecular complexity index is 381. The van der Waals surface area contributed by atoms with Gasteiger partial charge in [0.25, 0.3) is 0 Å². The molecule has 0 amide bonds. The first-order valence-corrected chi connectivity index (χ1v) is 5.17. The lowest BCUT2D eigenvalue weighted by atomic mass is 10.5. The van der Waals surface area contributed by atoms with Crippen LogP contribution in [0, 0.1) is 0 Å². The van der Waals surface area contributed by atoms with Crippen LogP contribution in [0.1, 0.15) is 5.82 Å². The molecule has 0 radical (unpaired) electrons. The largest absolute Gasteiger partial charge is 0.451 e. The van der Waals surface area contributed by atoms with Gasteiger partial charge in [-0.15, -0.1) is 0 Å². The third kappa shape index (κ3) is 4.74. The first-order chi connectivity index (χ1) is 7.79. The fourth-order valence-electron chi connectivity index (χ4n) is 1.04. The van der Waals surface area contributed by atoms with Crippen LogP contribution in [0.3, 0.4) is 0 Å². The van der Waals surface area contributed by atoms with Crippen molar-refractivity contribution in [2.75, 3.05) is 32.5 Å². The van der Waals surface area contributed by atoms with Gasteiger partial charge in [-0.1, -0.05) is 11.6 Å². The number of nitrogens with zero attached hydrogens (tertiary/aromatic N) is 3. The first-order valence-electron chi connectivity index (χ1n) is 4.79.